The van der Waals surface area contributed by atoms with E-state index in [2.05, 4.69) is 24.5 Å². The number of esters is 1. The van der Waals surface area contributed by atoms with Crippen LogP contribution in [-0.2, 0) is 90.3 Å². The van der Waals surface area contributed by atoms with Gasteiger partial charge in [0.2, 0.25) is 11.8 Å². The Balaban J connectivity index is 4.04. The van der Waals surface area contributed by atoms with E-state index in [1.807, 2.05) is 0 Å². The molecule has 0 heterocycles. The Labute approximate surface area is 588 Å². The van der Waals surface area contributed by atoms with Crippen molar-refractivity contribution in [3.05, 3.63) is 0 Å². The summed E-state index contributed by atoms with van der Waals surface area (Å²) in [7, 11) is 0. The van der Waals surface area contributed by atoms with Crippen LogP contribution in [0.1, 0.15) is 213 Å². The number of aliphatic hydroxyl groups excluding tert-OH is 1. The summed E-state index contributed by atoms with van der Waals surface area (Å²) >= 11 is 1.28. The maximum absolute atomic E-state index is 13.1. The minimum absolute atomic E-state index is 0.0491. The van der Waals surface area contributed by atoms with Crippen LogP contribution in [0.5, 0.6) is 0 Å². The molecule has 0 rings (SSSR count). The number of hydrogen-bond acceptors (Lipinski definition) is 23. The largest absolute Gasteiger partial charge is 0.458 e. The van der Waals surface area contributed by atoms with Gasteiger partial charge in [0.1, 0.15) is 24.5 Å². The Morgan fingerprint density at radius 3 is 1.11 bits per heavy atom. The summed E-state index contributed by atoms with van der Waals surface area (Å²) in [6, 6.07) is -2.14. The van der Waals surface area contributed by atoms with Crippen LogP contribution in [0.15, 0.2) is 0 Å². The molecule has 0 saturated heterocycles. The molecule has 0 aliphatic heterocycles. The number of alkyl carbamates (subject to hydrolysis) is 1. The average Bonchev–Trinajstić information content (AvgIpc) is 2.00. The molecule has 572 valence electrons. The molecule has 7 N–H and O–H groups in total. The molecule has 0 aliphatic rings. The van der Waals surface area contributed by atoms with Crippen LogP contribution in [-0.4, -0.2) is 249 Å². The summed E-state index contributed by atoms with van der Waals surface area (Å²) in [5, 5.41) is 15.4. The molecule has 0 radical (unpaired) electrons. The van der Waals surface area contributed by atoms with Gasteiger partial charge in [-0.05, 0) is 19.3 Å². The maximum Gasteiger partial charge on any atom is 0.407 e. The predicted molar refractivity (Wildman–Crippen MR) is 377 cm³/mol. The third kappa shape index (κ3) is 72.4. The number of amides is 3. The van der Waals surface area contributed by atoms with Gasteiger partial charge in [0.25, 0.3) is 0 Å². The van der Waals surface area contributed by atoms with E-state index in [4.69, 9.17) is 77.8 Å². The minimum atomic E-state index is -1.12. The van der Waals surface area contributed by atoms with Crippen molar-refractivity contribution in [1.29, 1.82) is 0 Å². The number of carbonyl (C=O) groups excluding carboxylic acids is 6. The van der Waals surface area contributed by atoms with E-state index in [0.29, 0.717) is 165 Å². The fourth-order valence-electron chi connectivity index (χ4n) is 9.55. The number of primary amides is 1. The highest BCUT2D eigenvalue weighted by Crippen LogP contribution is 2.16. The van der Waals surface area contributed by atoms with Gasteiger partial charge in [-0.25, -0.2) is 4.79 Å². The highest BCUT2D eigenvalue weighted by Gasteiger charge is 2.24. The zero-order valence-electron chi connectivity index (χ0n) is 60.3. The van der Waals surface area contributed by atoms with Gasteiger partial charge >= 0.3 is 12.1 Å². The van der Waals surface area contributed by atoms with Crippen molar-refractivity contribution < 1.29 is 100 Å². The van der Waals surface area contributed by atoms with E-state index in [0.717, 1.165) is 44.9 Å². The second kappa shape index (κ2) is 77.0. The lowest BCUT2D eigenvalue weighted by Gasteiger charge is -2.20. The van der Waals surface area contributed by atoms with Gasteiger partial charge in [-0.1, -0.05) is 162 Å². The average molecular weight is 1410 g/mol. The molecule has 0 aromatic carbocycles. The van der Waals surface area contributed by atoms with Gasteiger partial charge in [-0.3, -0.25) is 24.0 Å². The number of nitrogens with one attached hydrogen (secondary N) is 2. The van der Waals surface area contributed by atoms with Crippen LogP contribution in [0.4, 0.5) is 4.79 Å². The summed E-state index contributed by atoms with van der Waals surface area (Å²) in [5.74, 6) is -1.46. The SMILES string of the molecule is CCCCCCCCCCCCCCCC(=O)O[C@H](COC(=O)NCCCCCCCCCCCCCC)CSC[C@H](N)C(=O)N[C@@H](CO)C(=O)CCCOCCOCCOCCOCCOCCOCCOCCOCCOCCOCCOCCOCCC(=O)CCC(N)=O. The Kier molecular flexibility index (Phi) is 74.4. The Morgan fingerprint density at radius 1 is 0.392 bits per heavy atom. The number of carbonyl (C=O) groups is 6. The number of hydrogen-bond donors (Lipinski definition) is 5. The molecule has 0 aromatic rings. The van der Waals surface area contributed by atoms with Crippen molar-refractivity contribution in [2.75, 3.05) is 190 Å². The van der Waals surface area contributed by atoms with E-state index in [1.165, 1.54) is 127 Å². The van der Waals surface area contributed by atoms with Crippen molar-refractivity contribution in [3.63, 3.8) is 0 Å². The summed E-state index contributed by atoms with van der Waals surface area (Å²) in [6.45, 7) is 14.1. The van der Waals surface area contributed by atoms with Crippen molar-refractivity contribution in [1.82, 2.24) is 10.6 Å². The lowest BCUT2D eigenvalue weighted by atomic mass is 10.0. The number of rotatable bonds is 81. The summed E-state index contributed by atoms with van der Waals surface area (Å²) in [6.07, 6.45) is 30.2. The Bertz CT molecular complexity index is 1770. The number of ether oxygens (including phenoxy) is 14. The third-order valence-corrected chi connectivity index (χ3v) is 16.5. The van der Waals surface area contributed by atoms with Crippen molar-refractivity contribution in [3.8, 4) is 0 Å². The van der Waals surface area contributed by atoms with Crippen molar-refractivity contribution in [2.24, 2.45) is 11.5 Å². The third-order valence-electron chi connectivity index (χ3n) is 15.3. The molecule has 0 fully saturated rings. The second-order valence-electron chi connectivity index (χ2n) is 24.1. The number of unbranched alkanes of at least 4 members (excludes halogenated alkanes) is 23. The van der Waals surface area contributed by atoms with Gasteiger partial charge in [-0.2, -0.15) is 11.8 Å². The second-order valence-corrected chi connectivity index (χ2v) is 25.2. The fourth-order valence-corrected chi connectivity index (χ4v) is 10.5. The standard InChI is InChI=1S/C71H136N4O21S/c1-3-5-7-9-11-13-15-17-18-20-22-24-26-30-69(80)96-64(60-95-71(82)74-34-27-25-23-21-19-16-14-12-10-8-6-4-2)61-97-62-65(72)70(81)75-66(59-76)67(78)29-28-35-83-37-39-85-41-43-87-45-47-89-49-51-91-53-55-93-57-58-94-56-54-92-52-50-90-48-46-88-44-42-86-40-38-84-36-33-63(77)31-32-68(73)79/h64-66,76H,3-62,72H2,1-2H3,(H2,73,79)(H,74,82)(H,75,81)/t64-,65+,66+/m1/s1. The summed E-state index contributed by atoms with van der Waals surface area (Å²) in [5.41, 5.74) is 11.3. The van der Waals surface area contributed by atoms with Gasteiger partial charge in [0.05, 0.1) is 165 Å². The van der Waals surface area contributed by atoms with E-state index >= 15 is 0 Å². The smallest absolute Gasteiger partial charge is 0.407 e. The van der Waals surface area contributed by atoms with E-state index in [-0.39, 0.29) is 74.4 Å². The molecule has 0 bridgehead atoms. The Morgan fingerprint density at radius 2 is 0.742 bits per heavy atom. The molecule has 25 nitrogen and oxygen atoms in total. The van der Waals surface area contributed by atoms with Crippen molar-refractivity contribution >= 4 is 47.2 Å². The molecule has 3 atom stereocenters. The lowest BCUT2D eigenvalue weighted by Crippen LogP contribution is -2.51. The molecular weight excluding hydrogens is 1280 g/mol. The molecule has 26 heteroatoms. The molecular formula is C71H136N4O21S. The minimum Gasteiger partial charge on any atom is -0.458 e. The van der Waals surface area contributed by atoms with Gasteiger partial charge in [0, 0.05) is 56.8 Å². The number of nitrogens with two attached hydrogens (primary N) is 2. The van der Waals surface area contributed by atoms with Crippen LogP contribution in [0.2, 0.25) is 0 Å². The maximum atomic E-state index is 13.1. The van der Waals surface area contributed by atoms with Crippen LogP contribution >= 0.6 is 11.8 Å². The molecule has 3 amide bonds. The van der Waals surface area contributed by atoms with Crippen LogP contribution < -0.4 is 22.1 Å². The van der Waals surface area contributed by atoms with Crippen LogP contribution in [0.25, 0.3) is 0 Å². The topological polar surface area (TPSA) is 328 Å². The first-order valence-corrected chi connectivity index (χ1v) is 38.3. The molecule has 0 saturated carbocycles. The van der Waals surface area contributed by atoms with Crippen LogP contribution in [0, 0.1) is 0 Å². The fraction of sp³-hybridized carbons (Fsp3) is 0.915. The highest BCUT2D eigenvalue weighted by molar-refractivity contribution is 7.99. The number of Topliss-reactive ketones (excluding diaryl/α,β-unsaturated/α-hetero) is 2. The Hall–Kier alpha value is -3.19. The summed E-state index contributed by atoms with van der Waals surface area (Å²) in [4.78, 5) is 73.8. The number of ketones is 2. The van der Waals surface area contributed by atoms with E-state index in [1.54, 1.807) is 0 Å². The zero-order chi connectivity index (χ0) is 70.6. The monoisotopic (exact) mass is 1410 g/mol. The predicted octanol–water partition coefficient (Wildman–Crippen LogP) is 9.12. The van der Waals surface area contributed by atoms with Gasteiger partial charge in [0.15, 0.2) is 5.78 Å². The molecule has 0 aliphatic carbocycles. The first-order valence-electron chi connectivity index (χ1n) is 37.1. The molecule has 0 unspecified atom stereocenters. The van der Waals surface area contributed by atoms with E-state index < -0.39 is 42.7 Å². The van der Waals surface area contributed by atoms with Gasteiger partial charge < -0.3 is 93.5 Å². The lowest BCUT2D eigenvalue weighted by molar-refractivity contribution is -0.150. The molecule has 97 heavy (non-hydrogen) atoms. The van der Waals surface area contributed by atoms with Gasteiger partial charge in [-0.15, -0.1) is 0 Å². The van der Waals surface area contributed by atoms with E-state index in [9.17, 15) is 33.9 Å². The quantitative estimate of drug-likeness (QED) is 0.0280. The highest BCUT2D eigenvalue weighted by atomic mass is 32.2. The first kappa shape index (κ1) is 93.8. The number of thioether (sulfide) groups is 1. The first-order chi connectivity index (χ1) is 47.5. The van der Waals surface area contributed by atoms with Crippen LogP contribution in [0.3, 0.4) is 0 Å². The molecule has 0 spiro atoms. The zero-order valence-corrected chi connectivity index (χ0v) is 61.2. The summed E-state index contributed by atoms with van der Waals surface area (Å²) < 4.78 is 77.3. The van der Waals surface area contributed by atoms with Crippen molar-refractivity contribution in [2.45, 2.75) is 231 Å². The molecule has 0 aromatic heterocycles. The number of aliphatic hydroxyl groups is 1. The normalized spacial score (nSPS) is 12.4.